The van der Waals surface area contributed by atoms with Gasteiger partial charge < -0.3 is 6.53 Å². The second-order valence-corrected chi connectivity index (χ2v) is 9.26. The van der Waals surface area contributed by atoms with Gasteiger partial charge in [0, 0.05) is 8.95 Å². The summed E-state index contributed by atoms with van der Waals surface area (Å²) in [5.74, 6) is -1.57. The fourth-order valence-corrected chi connectivity index (χ4v) is 4.17. The maximum atomic E-state index is 12.4. The number of sulfonamides is 1. The monoisotopic (exact) mass is 513 g/mol. The third-order valence-corrected chi connectivity index (χ3v) is 6.97. The molecule has 0 saturated carbocycles. The number of aliphatic carboxylic acids is 1. The topological polar surface area (TPSA) is 83.5 Å². The molecule has 0 unspecified atom stereocenters. The Kier molecular flexibility index (Phi) is 8.99. The molecule has 0 aliphatic carbocycles. The van der Waals surface area contributed by atoms with Crippen LogP contribution in [0.1, 0.15) is 15.3 Å². The van der Waals surface area contributed by atoms with Gasteiger partial charge in [-0.25, -0.2) is 8.42 Å². The summed E-state index contributed by atoms with van der Waals surface area (Å²) in [4.78, 5) is 11.2. The molecule has 0 bridgehead atoms. The molecule has 2 aromatic carbocycles. The summed E-state index contributed by atoms with van der Waals surface area (Å²) in [5.41, 5.74) is 1.78. The first-order valence-corrected chi connectivity index (χ1v) is 10.5. The van der Waals surface area contributed by atoms with Crippen LogP contribution in [0.5, 0.6) is 0 Å². The van der Waals surface area contributed by atoms with Gasteiger partial charge in [-0.2, -0.15) is 4.72 Å². The number of carbonyl (C=O) groups is 1. The molecule has 0 spiro atoms. The molecule has 0 saturated heterocycles. The molecule has 5 nitrogen and oxygen atoms in total. The Morgan fingerprint density at radius 3 is 2.04 bits per heavy atom. The molecule has 2 N–H and O–H groups in total. The van der Waals surface area contributed by atoms with Gasteiger partial charge in [0.15, 0.2) is 0 Å². The quantitative estimate of drug-likeness (QED) is 0.570. The number of carboxylic acid groups (broad SMARTS) is 1. The van der Waals surface area contributed by atoms with E-state index in [9.17, 15) is 13.2 Å². The maximum Gasteiger partial charge on any atom is 1.00 e. The minimum atomic E-state index is -3.91. The van der Waals surface area contributed by atoms with Crippen LogP contribution in [0.2, 0.25) is 0 Å². The van der Waals surface area contributed by atoms with Gasteiger partial charge in [-0.05, 0) is 73.2 Å². The van der Waals surface area contributed by atoms with Gasteiger partial charge in [0.05, 0.1) is 4.90 Å². The molecular formula is C17H18Br2NNaO4S. The summed E-state index contributed by atoms with van der Waals surface area (Å²) in [6.45, 7) is 3.30. The maximum absolute atomic E-state index is 12.4. The zero-order valence-corrected chi connectivity index (χ0v) is 20.5. The van der Waals surface area contributed by atoms with Gasteiger partial charge >= 0.3 is 35.5 Å². The molecule has 9 heteroatoms. The Morgan fingerprint density at radius 1 is 1.04 bits per heavy atom. The average Bonchev–Trinajstić information content (AvgIpc) is 2.55. The van der Waals surface area contributed by atoms with Crippen LogP contribution in [0.25, 0.3) is 11.1 Å². The Morgan fingerprint density at radius 2 is 1.58 bits per heavy atom. The molecule has 0 amide bonds. The number of hydrogen-bond donors (Lipinski definition) is 2. The zero-order valence-electron chi connectivity index (χ0n) is 15.5. The van der Waals surface area contributed by atoms with E-state index in [2.05, 4.69) is 36.6 Å². The van der Waals surface area contributed by atoms with Gasteiger partial charge in [0.25, 0.3) is 0 Å². The Labute approximate surface area is 193 Å². The molecule has 0 fully saturated rings. The Hall–Kier alpha value is -0.220. The molecule has 0 heterocycles. The SMILES string of the molecule is CC(C)[C@H](NS(=O)(=O)c1ccc(-c2ccc(Br)c(Br)c2)cc1)C(=O)O.[H-].[Na+]. The molecule has 136 valence electrons. The normalized spacial score (nSPS) is 12.5. The number of rotatable bonds is 6. The molecule has 2 rings (SSSR count). The fraction of sp³-hybridized carbons (Fsp3) is 0.235. The molecule has 26 heavy (non-hydrogen) atoms. The molecule has 0 aliphatic rings. The van der Waals surface area contributed by atoms with Gasteiger partial charge in [-0.3, -0.25) is 4.79 Å². The Balaban J connectivity index is 0.00000338. The van der Waals surface area contributed by atoms with E-state index in [1.165, 1.54) is 12.1 Å². The van der Waals surface area contributed by atoms with Crippen molar-refractivity contribution >= 4 is 47.9 Å². The van der Waals surface area contributed by atoms with Gasteiger partial charge in [-0.1, -0.05) is 32.0 Å². The van der Waals surface area contributed by atoms with E-state index in [0.29, 0.717) is 0 Å². The third kappa shape index (κ3) is 5.89. The van der Waals surface area contributed by atoms with E-state index in [-0.39, 0.29) is 41.8 Å². The summed E-state index contributed by atoms with van der Waals surface area (Å²) in [5, 5.41) is 9.16. The second-order valence-electron chi connectivity index (χ2n) is 5.83. The minimum Gasteiger partial charge on any atom is -1.00 e. The minimum absolute atomic E-state index is 0. The molecule has 0 radical (unpaired) electrons. The molecular weight excluding hydrogens is 497 g/mol. The van der Waals surface area contributed by atoms with Crippen molar-refractivity contribution in [2.24, 2.45) is 5.92 Å². The van der Waals surface area contributed by atoms with Crippen molar-refractivity contribution in [3.05, 3.63) is 51.4 Å². The van der Waals surface area contributed by atoms with E-state index in [4.69, 9.17) is 5.11 Å². The third-order valence-electron chi connectivity index (χ3n) is 3.63. The summed E-state index contributed by atoms with van der Waals surface area (Å²) in [6, 6.07) is 10.9. The van der Waals surface area contributed by atoms with Crippen LogP contribution < -0.4 is 34.3 Å². The van der Waals surface area contributed by atoms with Crippen molar-refractivity contribution in [3.8, 4) is 11.1 Å². The van der Waals surface area contributed by atoms with Crippen LogP contribution >= 0.6 is 31.9 Å². The predicted octanol–water partition coefficient (Wildman–Crippen LogP) is 1.38. The van der Waals surface area contributed by atoms with Crippen LogP contribution in [0.3, 0.4) is 0 Å². The summed E-state index contributed by atoms with van der Waals surface area (Å²) in [7, 11) is -3.91. The first kappa shape index (κ1) is 23.8. The molecule has 0 aliphatic heterocycles. The van der Waals surface area contributed by atoms with Gasteiger partial charge in [0.1, 0.15) is 6.04 Å². The first-order chi connectivity index (χ1) is 11.6. The van der Waals surface area contributed by atoms with Crippen molar-refractivity contribution in [2.75, 3.05) is 0 Å². The Bertz CT molecular complexity index is 892. The van der Waals surface area contributed by atoms with Gasteiger partial charge in [-0.15, -0.1) is 0 Å². The zero-order chi connectivity index (χ0) is 18.8. The smallest absolute Gasteiger partial charge is 1.00 e. The van der Waals surface area contributed by atoms with Crippen LogP contribution in [-0.4, -0.2) is 25.5 Å². The predicted molar refractivity (Wildman–Crippen MR) is 105 cm³/mol. The van der Waals surface area contributed by atoms with Crippen molar-refractivity contribution in [2.45, 2.75) is 24.8 Å². The summed E-state index contributed by atoms with van der Waals surface area (Å²) >= 11 is 6.84. The number of benzene rings is 2. The van der Waals surface area contributed by atoms with E-state index < -0.39 is 22.0 Å². The number of carboxylic acids is 1. The first-order valence-electron chi connectivity index (χ1n) is 7.42. The van der Waals surface area contributed by atoms with Crippen molar-refractivity contribution in [3.63, 3.8) is 0 Å². The summed E-state index contributed by atoms with van der Waals surface area (Å²) < 4.78 is 28.9. The van der Waals surface area contributed by atoms with E-state index in [1.807, 2.05) is 18.2 Å². The number of halogens is 2. The van der Waals surface area contributed by atoms with Crippen LogP contribution in [0.4, 0.5) is 0 Å². The molecule has 1 atom stereocenters. The molecule has 2 aromatic rings. The average molecular weight is 515 g/mol. The van der Waals surface area contributed by atoms with Crippen molar-refractivity contribution in [1.82, 2.24) is 4.72 Å². The largest absolute Gasteiger partial charge is 1.00 e. The van der Waals surface area contributed by atoms with Crippen molar-refractivity contribution < 1.29 is 49.3 Å². The standard InChI is InChI=1S/C17H17Br2NO4S.Na.H/c1-10(2)16(17(21)22)20-25(23,24)13-6-3-11(4-7-13)12-5-8-14(18)15(19)9-12;;/h3-10,16,20H,1-2H3,(H,21,22);;/q;+1;-1/t16-;;/m0../s1. The van der Waals surface area contributed by atoms with Gasteiger partial charge in [0.2, 0.25) is 10.0 Å². The van der Waals surface area contributed by atoms with E-state index in [0.717, 1.165) is 20.1 Å². The number of hydrogen-bond acceptors (Lipinski definition) is 3. The number of nitrogens with one attached hydrogen (secondary N) is 1. The van der Waals surface area contributed by atoms with Crippen LogP contribution in [0.15, 0.2) is 56.3 Å². The van der Waals surface area contributed by atoms with E-state index in [1.54, 1.807) is 26.0 Å². The summed E-state index contributed by atoms with van der Waals surface area (Å²) in [6.07, 6.45) is 0. The van der Waals surface area contributed by atoms with Crippen LogP contribution in [0, 0.1) is 5.92 Å². The molecule has 0 aromatic heterocycles. The van der Waals surface area contributed by atoms with Crippen molar-refractivity contribution in [1.29, 1.82) is 0 Å². The van der Waals surface area contributed by atoms with E-state index >= 15 is 0 Å². The van der Waals surface area contributed by atoms with Crippen LogP contribution in [-0.2, 0) is 14.8 Å². The fourth-order valence-electron chi connectivity index (χ4n) is 2.21. The second kappa shape index (κ2) is 9.82.